The fourth-order valence-corrected chi connectivity index (χ4v) is 4.67. The third-order valence-electron chi connectivity index (χ3n) is 5.23. The number of hydrogen-bond acceptors (Lipinski definition) is 4. The molecule has 0 unspecified atom stereocenters. The third-order valence-corrected chi connectivity index (χ3v) is 6.06. The summed E-state index contributed by atoms with van der Waals surface area (Å²) >= 11 is 19.0. The highest BCUT2D eigenvalue weighted by Crippen LogP contribution is 2.42. The molecule has 4 nitrogen and oxygen atoms in total. The van der Waals surface area contributed by atoms with Crippen LogP contribution in [0.25, 0.3) is 11.0 Å². The SMILES string of the molecule is O=c1oc2c3c(c(Cl)cc2c2c1CCC2)OCN(c1cc(Cl)ccc1Cl)C3. The molecule has 1 aromatic heterocycles. The molecule has 0 amide bonds. The van der Waals surface area contributed by atoms with Crippen LogP contribution in [0.15, 0.2) is 33.5 Å². The van der Waals surface area contributed by atoms with Gasteiger partial charge >= 0.3 is 5.63 Å². The Labute approximate surface area is 170 Å². The van der Waals surface area contributed by atoms with Crippen LogP contribution < -0.4 is 15.3 Å². The van der Waals surface area contributed by atoms with Gasteiger partial charge in [0.15, 0.2) is 6.73 Å². The topological polar surface area (TPSA) is 42.7 Å². The maximum absolute atomic E-state index is 12.5. The minimum Gasteiger partial charge on any atom is -0.471 e. The quantitative estimate of drug-likeness (QED) is 0.479. The lowest BCUT2D eigenvalue weighted by Crippen LogP contribution is -2.32. The van der Waals surface area contributed by atoms with Crippen molar-refractivity contribution in [2.75, 3.05) is 11.6 Å². The number of ether oxygens (including phenoxy) is 1. The molecule has 5 rings (SSSR count). The third kappa shape index (κ3) is 2.70. The van der Waals surface area contributed by atoms with E-state index in [0.717, 1.165) is 47.0 Å². The van der Waals surface area contributed by atoms with Crippen molar-refractivity contribution in [3.05, 3.63) is 66.4 Å². The van der Waals surface area contributed by atoms with E-state index in [9.17, 15) is 4.79 Å². The second-order valence-electron chi connectivity index (χ2n) is 6.81. The van der Waals surface area contributed by atoms with Gasteiger partial charge in [-0.25, -0.2) is 4.79 Å². The molecule has 3 aromatic rings. The van der Waals surface area contributed by atoms with Crippen LogP contribution in [0, 0.1) is 0 Å². The molecular formula is C20H14Cl3NO3. The molecule has 1 aliphatic heterocycles. The van der Waals surface area contributed by atoms with Gasteiger partial charge in [-0.15, -0.1) is 0 Å². The Morgan fingerprint density at radius 1 is 0.963 bits per heavy atom. The summed E-state index contributed by atoms with van der Waals surface area (Å²) in [6.07, 6.45) is 2.56. The summed E-state index contributed by atoms with van der Waals surface area (Å²) in [7, 11) is 0. The number of rotatable bonds is 1. The maximum atomic E-state index is 12.5. The van der Waals surface area contributed by atoms with E-state index >= 15 is 0 Å². The smallest absolute Gasteiger partial charge is 0.339 e. The fraction of sp³-hybridized carbons (Fsp3) is 0.250. The second kappa shape index (κ2) is 6.33. The van der Waals surface area contributed by atoms with Gasteiger partial charge in [0.05, 0.1) is 27.8 Å². The van der Waals surface area contributed by atoms with Crippen LogP contribution in [0.2, 0.25) is 15.1 Å². The highest BCUT2D eigenvalue weighted by Gasteiger charge is 2.28. The number of halogens is 3. The van der Waals surface area contributed by atoms with E-state index in [0.29, 0.717) is 32.9 Å². The summed E-state index contributed by atoms with van der Waals surface area (Å²) in [5.41, 5.74) is 3.60. The molecule has 0 radical (unpaired) electrons. The fourth-order valence-electron chi connectivity index (χ4n) is 3.99. The summed E-state index contributed by atoms with van der Waals surface area (Å²) < 4.78 is 11.6. The van der Waals surface area contributed by atoms with Gasteiger partial charge in [0.2, 0.25) is 0 Å². The van der Waals surface area contributed by atoms with E-state index in [1.807, 2.05) is 11.0 Å². The highest BCUT2D eigenvalue weighted by atomic mass is 35.5. The zero-order chi connectivity index (χ0) is 18.7. The van der Waals surface area contributed by atoms with Crippen LogP contribution in [0.4, 0.5) is 5.69 Å². The molecule has 0 spiro atoms. The Kier molecular flexibility index (Phi) is 4.04. The van der Waals surface area contributed by atoms with Crippen LogP contribution in [-0.2, 0) is 19.4 Å². The van der Waals surface area contributed by atoms with Gasteiger partial charge in [-0.3, -0.25) is 0 Å². The molecule has 27 heavy (non-hydrogen) atoms. The van der Waals surface area contributed by atoms with Crippen molar-refractivity contribution in [1.29, 1.82) is 0 Å². The van der Waals surface area contributed by atoms with E-state index in [1.165, 1.54) is 0 Å². The Bertz CT molecular complexity index is 1160. The van der Waals surface area contributed by atoms with Crippen molar-refractivity contribution in [2.24, 2.45) is 0 Å². The molecule has 7 heteroatoms. The molecule has 138 valence electrons. The van der Waals surface area contributed by atoms with Gasteiger partial charge in [-0.2, -0.15) is 0 Å². The van der Waals surface area contributed by atoms with Crippen molar-refractivity contribution in [3.63, 3.8) is 0 Å². The lowest BCUT2D eigenvalue weighted by Gasteiger charge is -2.32. The second-order valence-corrected chi connectivity index (χ2v) is 8.06. The first-order valence-electron chi connectivity index (χ1n) is 8.65. The Balaban J connectivity index is 1.70. The Morgan fingerprint density at radius 3 is 2.63 bits per heavy atom. The van der Waals surface area contributed by atoms with Gasteiger partial charge in [-0.05, 0) is 49.1 Å². The van der Waals surface area contributed by atoms with Crippen molar-refractivity contribution in [3.8, 4) is 5.75 Å². The average molecular weight is 423 g/mol. The van der Waals surface area contributed by atoms with Crippen molar-refractivity contribution in [1.82, 2.24) is 0 Å². The Morgan fingerprint density at radius 2 is 1.78 bits per heavy atom. The molecule has 2 heterocycles. The molecule has 0 saturated carbocycles. The van der Waals surface area contributed by atoms with Crippen LogP contribution in [0.5, 0.6) is 5.75 Å². The predicted molar refractivity (Wildman–Crippen MR) is 108 cm³/mol. The highest BCUT2D eigenvalue weighted by molar-refractivity contribution is 6.35. The van der Waals surface area contributed by atoms with Crippen molar-refractivity contribution < 1.29 is 9.15 Å². The van der Waals surface area contributed by atoms with Gasteiger partial charge in [0, 0.05) is 16.0 Å². The average Bonchev–Trinajstić information content (AvgIpc) is 3.15. The minimum absolute atomic E-state index is 0.266. The van der Waals surface area contributed by atoms with Crippen LogP contribution >= 0.6 is 34.8 Å². The molecule has 1 aliphatic carbocycles. The maximum Gasteiger partial charge on any atom is 0.339 e. The van der Waals surface area contributed by atoms with Gasteiger partial charge in [0.1, 0.15) is 11.3 Å². The first kappa shape index (κ1) is 17.2. The zero-order valence-corrected chi connectivity index (χ0v) is 16.4. The lowest BCUT2D eigenvalue weighted by atomic mass is 10.0. The molecule has 2 aromatic carbocycles. The summed E-state index contributed by atoms with van der Waals surface area (Å²) in [5.74, 6) is 0.555. The summed E-state index contributed by atoms with van der Waals surface area (Å²) in [6, 6.07) is 7.13. The number of aryl methyl sites for hydroxylation is 1. The standard InChI is InChI=1S/C20H14Cl3NO3/c21-10-4-5-15(22)17(6-10)24-8-14-18-13(7-16(23)19(14)26-9-24)11-2-1-3-12(11)20(25)27-18/h4-7H,1-3,8-9H2. The first-order chi connectivity index (χ1) is 13.0. The van der Waals surface area contributed by atoms with E-state index in [-0.39, 0.29) is 12.4 Å². The monoisotopic (exact) mass is 421 g/mol. The van der Waals surface area contributed by atoms with E-state index in [4.69, 9.17) is 44.0 Å². The molecule has 0 atom stereocenters. The normalized spacial score (nSPS) is 15.6. The molecule has 0 fully saturated rings. The molecular weight excluding hydrogens is 409 g/mol. The summed E-state index contributed by atoms with van der Waals surface area (Å²) in [6.45, 7) is 0.724. The largest absolute Gasteiger partial charge is 0.471 e. The van der Waals surface area contributed by atoms with Gasteiger partial charge in [-0.1, -0.05) is 34.8 Å². The van der Waals surface area contributed by atoms with Crippen LogP contribution in [0.1, 0.15) is 23.1 Å². The summed E-state index contributed by atoms with van der Waals surface area (Å²) in [5, 5.41) is 2.58. The molecule has 0 N–H and O–H groups in total. The van der Waals surface area contributed by atoms with Gasteiger partial charge < -0.3 is 14.1 Å². The number of benzene rings is 2. The van der Waals surface area contributed by atoms with Gasteiger partial charge in [0.25, 0.3) is 0 Å². The van der Waals surface area contributed by atoms with Crippen molar-refractivity contribution in [2.45, 2.75) is 25.8 Å². The van der Waals surface area contributed by atoms with Crippen LogP contribution in [-0.4, -0.2) is 6.73 Å². The van der Waals surface area contributed by atoms with E-state index in [2.05, 4.69) is 0 Å². The molecule has 0 saturated heterocycles. The number of hydrogen-bond donors (Lipinski definition) is 0. The number of anilines is 1. The molecule has 2 aliphatic rings. The van der Waals surface area contributed by atoms with E-state index < -0.39 is 0 Å². The van der Waals surface area contributed by atoms with Crippen molar-refractivity contribution >= 4 is 51.5 Å². The lowest BCUT2D eigenvalue weighted by molar-refractivity contribution is 0.289. The van der Waals surface area contributed by atoms with E-state index in [1.54, 1.807) is 18.2 Å². The first-order valence-corrected chi connectivity index (χ1v) is 9.79. The summed E-state index contributed by atoms with van der Waals surface area (Å²) in [4.78, 5) is 14.4. The predicted octanol–water partition coefficient (Wildman–Crippen LogP) is 5.60. The Hall–Kier alpha value is -1.88. The minimum atomic E-state index is -0.266. The number of fused-ring (bicyclic) bond motifs is 5. The number of nitrogens with zero attached hydrogens (tertiary/aromatic N) is 1. The molecule has 0 bridgehead atoms. The zero-order valence-electron chi connectivity index (χ0n) is 14.2. The van der Waals surface area contributed by atoms with Crippen LogP contribution in [0.3, 0.4) is 0 Å².